The highest BCUT2D eigenvalue weighted by molar-refractivity contribution is 7.99. The first kappa shape index (κ1) is 15.8. The van der Waals surface area contributed by atoms with Crippen molar-refractivity contribution < 1.29 is 4.74 Å². The summed E-state index contributed by atoms with van der Waals surface area (Å²) in [6.45, 7) is 2.04. The van der Waals surface area contributed by atoms with Crippen LogP contribution in [0, 0.1) is 0 Å². The van der Waals surface area contributed by atoms with E-state index in [0.29, 0.717) is 27.6 Å². The van der Waals surface area contributed by atoms with E-state index in [-0.39, 0.29) is 5.56 Å². The summed E-state index contributed by atoms with van der Waals surface area (Å²) in [5.41, 5.74) is 2.70. The number of thioether (sulfide) groups is 1. The van der Waals surface area contributed by atoms with Crippen LogP contribution in [0.15, 0.2) is 58.5 Å². The van der Waals surface area contributed by atoms with Crippen LogP contribution in [0.4, 0.5) is 0 Å². The number of benzene rings is 2. The van der Waals surface area contributed by atoms with E-state index >= 15 is 0 Å². The minimum Gasteiger partial charge on any atom is -0.495 e. The second kappa shape index (κ2) is 6.29. The van der Waals surface area contributed by atoms with Gasteiger partial charge in [0, 0.05) is 10.9 Å². The van der Waals surface area contributed by atoms with Gasteiger partial charge >= 0.3 is 0 Å². The number of aromatic nitrogens is 3. The van der Waals surface area contributed by atoms with Gasteiger partial charge in [-0.3, -0.25) is 4.79 Å². The van der Waals surface area contributed by atoms with Crippen LogP contribution in [0.5, 0.6) is 5.75 Å². The number of rotatable bonds is 4. The molecule has 0 unspecified atom stereocenters. The first-order valence-electron chi connectivity index (χ1n) is 8.04. The Morgan fingerprint density at radius 2 is 1.92 bits per heavy atom. The molecule has 1 N–H and O–H groups in total. The van der Waals surface area contributed by atoms with E-state index in [4.69, 9.17) is 9.72 Å². The van der Waals surface area contributed by atoms with Crippen molar-refractivity contribution in [2.75, 3.05) is 12.9 Å². The molecule has 5 nitrogen and oxygen atoms in total. The molecule has 4 rings (SSSR count). The summed E-state index contributed by atoms with van der Waals surface area (Å²) < 4.78 is 7.08. The molecule has 0 bridgehead atoms. The minimum absolute atomic E-state index is 0.123. The number of hydrogen-bond donors (Lipinski definition) is 1. The third-order valence-corrected chi connectivity index (χ3v) is 4.91. The lowest BCUT2D eigenvalue weighted by molar-refractivity contribution is 0.411. The van der Waals surface area contributed by atoms with Crippen molar-refractivity contribution in [2.24, 2.45) is 0 Å². The lowest BCUT2D eigenvalue weighted by Crippen LogP contribution is -2.22. The van der Waals surface area contributed by atoms with Gasteiger partial charge in [0.05, 0.1) is 12.8 Å². The highest BCUT2D eigenvalue weighted by atomic mass is 32.2. The number of fused-ring (bicyclic) bond motifs is 3. The Bertz CT molecular complexity index is 1130. The highest BCUT2D eigenvalue weighted by Gasteiger charge is 2.18. The van der Waals surface area contributed by atoms with Gasteiger partial charge in [-0.25, -0.2) is 9.55 Å². The third-order valence-electron chi connectivity index (χ3n) is 4.09. The zero-order valence-corrected chi connectivity index (χ0v) is 14.8. The number of nitrogens with zero attached hydrogens (tertiary/aromatic N) is 2. The molecule has 0 aliphatic rings. The summed E-state index contributed by atoms with van der Waals surface area (Å²) >= 11 is 1.54. The van der Waals surface area contributed by atoms with Gasteiger partial charge in [0.25, 0.3) is 5.56 Å². The molecule has 0 saturated carbocycles. The molecule has 0 saturated heterocycles. The number of hydrogen-bond acceptors (Lipinski definition) is 4. The molecule has 0 spiro atoms. The first-order chi connectivity index (χ1) is 12.2. The fourth-order valence-electron chi connectivity index (χ4n) is 3.00. The monoisotopic (exact) mass is 351 g/mol. The van der Waals surface area contributed by atoms with Gasteiger partial charge in [-0.05, 0) is 24.0 Å². The largest absolute Gasteiger partial charge is 0.495 e. The number of ether oxygens (including phenoxy) is 1. The molecule has 2 aromatic carbocycles. The van der Waals surface area contributed by atoms with E-state index in [9.17, 15) is 4.79 Å². The minimum atomic E-state index is -0.123. The first-order valence-corrected chi connectivity index (χ1v) is 9.02. The number of nitrogens with one attached hydrogen (secondary N) is 1. The number of para-hydroxylation sites is 3. The van der Waals surface area contributed by atoms with Crippen LogP contribution in [0.2, 0.25) is 0 Å². The Morgan fingerprint density at radius 3 is 2.72 bits per heavy atom. The molecule has 0 radical (unpaired) electrons. The van der Waals surface area contributed by atoms with E-state index in [1.807, 2.05) is 55.5 Å². The number of methoxy groups -OCH3 is 1. The van der Waals surface area contributed by atoms with Crippen molar-refractivity contribution in [1.82, 2.24) is 14.5 Å². The lowest BCUT2D eigenvalue weighted by atomic mass is 10.2. The van der Waals surface area contributed by atoms with Gasteiger partial charge in [0.1, 0.15) is 16.8 Å². The zero-order chi connectivity index (χ0) is 17.4. The summed E-state index contributed by atoms with van der Waals surface area (Å²) in [6.07, 6.45) is 0. The molecule has 2 aromatic heterocycles. The molecule has 0 fully saturated rings. The van der Waals surface area contributed by atoms with Gasteiger partial charge in [-0.2, -0.15) is 0 Å². The summed E-state index contributed by atoms with van der Waals surface area (Å²) in [5.74, 6) is 1.45. The summed E-state index contributed by atoms with van der Waals surface area (Å²) in [5, 5.41) is 1.62. The molecule has 0 aliphatic heterocycles. The van der Waals surface area contributed by atoms with Gasteiger partial charge in [-0.1, -0.05) is 49.0 Å². The highest BCUT2D eigenvalue weighted by Crippen LogP contribution is 2.29. The van der Waals surface area contributed by atoms with E-state index in [2.05, 4.69) is 4.98 Å². The lowest BCUT2D eigenvalue weighted by Gasteiger charge is -2.14. The normalized spacial score (nSPS) is 11.3. The molecule has 6 heteroatoms. The Hall–Kier alpha value is -2.73. The van der Waals surface area contributed by atoms with Crippen LogP contribution < -0.4 is 10.3 Å². The number of aromatic amines is 1. The molecule has 0 atom stereocenters. The zero-order valence-electron chi connectivity index (χ0n) is 13.9. The molecule has 0 amide bonds. The predicted octanol–water partition coefficient (Wildman–Crippen LogP) is 3.99. The van der Waals surface area contributed by atoms with Gasteiger partial charge < -0.3 is 9.72 Å². The van der Waals surface area contributed by atoms with E-state index in [1.165, 1.54) is 11.8 Å². The molecule has 2 heterocycles. The van der Waals surface area contributed by atoms with E-state index < -0.39 is 0 Å². The average molecular weight is 351 g/mol. The number of H-pyrrole nitrogens is 1. The molecular formula is C19H17N3O2S. The van der Waals surface area contributed by atoms with Crippen molar-refractivity contribution >= 4 is 33.7 Å². The van der Waals surface area contributed by atoms with E-state index in [1.54, 1.807) is 11.7 Å². The van der Waals surface area contributed by atoms with Crippen molar-refractivity contribution in [1.29, 1.82) is 0 Å². The fourth-order valence-corrected chi connectivity index (χ4v) is 3.72. The summed E-state index contributed by atoms with van der Waals surface area (Å²) in [7, 11) is 1.60. The van der Waals surface area contributed by atoms with Crippen molar-refractivity contribution in [2.45, 2.75) is 12.1 Å². The van der Waals surface area contributed by atoms with Gasteiger partial charge in [0.15, 0.2) is 5.16 Å². The Balaban J connectivity index is 2.13. The standard InChI is InChI=1S/C19H17N3O2S/c1-3-25-19-21-16-12-8-4-5-9-13(12)20-17(16)18(23)22(19)14-10-6-7-11-15(14)24-2/h4-11,20H,3H2,1-2H3. The smallest absolute Gasteiger partial charge is 0.283 e. The molecule has 126 valence electrons. The maximum atomic E-state index is 13.3. The summed E-state index contributed by atoms with van der Waals surface area (Å²) in [6, 6.07) is 15.3. The van der Waals surface area contributed by atoms with Crippen molar-refractivity contribution in [3.05, 3.63) is 58.9 Å². The Labute approximate surface area is 148 Å². The Kier molecular flexibility index (Phi) is 3.97. The van der Waals surface area contributed by atoms with Crippen molar-refractivity contribution in [3.8, 4) is 11.4 Å². The van der Waals surface area contributed by atoms with Crippen LogP contribution in [-0.2, 0) is 0 Å². The predicted molar refractivity (Wildman–Crippen MR) is 102 cm³/mol. The third kappa shape index (κ3) is 2.49. The maximum absolute atomic E-state index is 13.3. The van der Waals surface area contributed by atoms with Crippen LogP contribution in [0.25, 0.3) is 27.6 Å². The molecule has 0 aliphatic carbocycles. The Morgan fingerprint density at radius 1 is 1.16 bits per heavy atom. The van der Waals surface area contributed by atoms with Crippen molar-refractivity contribution in [3.63, 3.8) is 0 Å². The maximum Gasteiger partial charge on any atom is 0.283 e. The molecule has 4 aromatic rings. The SMILES string of the molecule is CCSc1nc2c([nH]c3ccccc32)c(=O)n1-c1ccccc1OC. The topological polar surface area (TPSA) is 59.9 Å². The quantitative estimate of drug-likeness (QED) is 0.446. The average Bonchev–Trinajstić information content (AvgIpc) is 3.02. The van der Waals surface area contributed by atoms with E-state index in [0.717, 1.165) is 16.7 Å². The van der Waals surface area contributed by atoms with Crippen LogP contribution >= 0.6 is 11.8 Å². The van der Waals surface area contributed by atoms with Crippen LogP contribution in [-0.4, -0.2) is 27.4 Å². The van der Waals surface area contributed by atoms with Crippen LogP contribution in [0.1, 0.15) is 6.92 Å². The summed E-state index contributed by atoms with van der Waals surface area (Å²) in [4.78, 5) is 21.3. The fraction of sp³-hybridized carbons (Fsp3) is 0.158. The molecular weight excluding hydrogens is 334 g/mol. The molecule has 25 heavy (non-hydrogen) atoms. The second-order valence-electron chi connectivity index (χ2n) is 5.53. The van der Waals surface area contributed by atoms with Gasteiger partial charge in [0.2, 0.25) is 0 Å². The van der Waals surface area contributed by atoms with Crippen LogP contribution in [0.3, 0.4) is 0 Å². The second-order valence-corrected chi connectivity index (χ2v) is 6.77. The van der Waals surface area contributed by atoms with Gasteiger partial charge in [-0.15, -0.1) is 0 Å².